The van der Waals surface area contributed by atoms with E-state index in [9.17, 15) is 16.8 Å². The molecule has 0 amide bonds. The molecular weight excluding hydrogens is 508 g/mol. The van der Waals surface area contributed by atoms with Crippen LogP contribution >= 0.6 is 0 Å². The molecule has 1 N–H and O–H groups in total. The van der Waals surface area contributed by atoms with Gasteiger partial charge in [-0.1, -0.05) is 43.7 Å². The average Bonchev–Trinajstić information content (AvgIpc) is 3.53. The molecule has 3 aromatic rings. The van der Waals surface area contributed by atoms with Gasteiger partial charge in [0, 0.05) is 36.4 Å². The van der Waals surface area contributed by atoms with Crippen LogP contribution in [0.25, 0.3) is 11.0 Å². The van der Waals surface area contributed by atoms with Gasteiger partial charge in [0.2, 0.25) is 20.0 Å². The van der Waals surface area contributed by atoms with Crippen molar-refractivity contribution in [2.75, 3.05) is 11.4 Å². The topological polar surface area (TPSA) is 101 Å². The van der Waals surface area contributed by atoms with Crippen molar-refractivity contribution in [2.45, 2.75) is 75.0 Å². The van der Waals surface area contributed by atoms with E-state index in [4.69, 9.17) is 0 Å². The van der Waals surface area contributed by atoms with Gasteiger partial charge in [-0.05, 0) is 61.6 Å². The quantitative estimate of drug-likeness (QED) is 0.465. The molecule has 0 radical (unpaired) electrons. The van der Waals surface area contributed by atoms with Crippen LogP contribution in [-0.2, 0) is 32.2 Å². The van der Waals surface area contributed by atoms with Crippen LogP contribution in [-0.4, -0.2) is 49.7 Å². The number of pyridine rings is 1. The number of hydrogen-bond acceptors (Lipinski definition) is 6. The van der Waals surface area contributed by atoms with Crippen molar-refractivity contribution in [3.63, 3.8) is 0 Å². The summed E-state index contributed by atoms with van der Waals surface area (Å²) in [4.78, 5) is 7.05. The third-order valence-corrected chi connectivity index (χ3v) is 11.8. The maximum absolute atomic E-state index is 13.4. The number of anilines is 1. The highest BCUT2D eigenvalue weighted by Gasteiger charge is 2.43. The summed E-state index contributed by atoms with van der Waals surface area (Å²) in [6.45, 7) is 3.05. The van der Waals surface area contributed by atoms with Crippen LogP contribution in [0.15, 0.2) is 48.8 Å². The van der Waals surface area contributed by atoms with Crippen LogP contribution in [0.5, 0.6) is 0 Å². The van der Waals surface area contributed by atoms with E-state index in [-0.39, 0.29) is 23.1 Å². The lowest BCUT2D eigenvalue weighted by Gasteiger charge is -2.39. The van der Waals surface area contributed by atoms with Crippen molar-refractivity contribution < 1.29 is 16.8 Å². The minimum atomic E-state index is -3.65. The fourth-order valence-corrected chi connectivity index (χ4v) is 9.32. The second-order valence-electron chi connectivity index (χ2n) is 10.8. The molecule has 198 valence electrons. The summed E-state index contributed by atoms with van der Waals surface area (Å²) in [6.07, 6.45) is 9.45. The molecule has 3 aliphatic rings. The molecule has 1 aromatic carbocycles. The fraction of sp³-hybridized carbons (Fsp3) is 0.519. The minimum absolute atomic E-state index is 0.0564. The molecule has 0 bridgehead atoms. The van der Waals surface area contributed by atoms with E-state index in [1.807, 2.05) is 42.6 Å². The smallest absolute Gasteiger partial charge is 0.244 e. The molecule has 3 atom stereocenters. The van der Waals surface area contributed by atoms with E-state index in [1.165, 1.54) is 3.97 Å². The highest BCUT2D eigenvalue weighted by atomic mass is 32.2. The molecule has 2 aliphatic carbocycles. The number of fused-ring (bicyclic) bond motifs is 3. The van der Waals surface area contributed by atoms with Crippen molar-refractivity contribution in [3.05, 3.63) is 59.9 Å². The highest BCUT2D eigenvalue weighted by molar-refractivity contribution is 7.90. The van der Waals surface area contributed by atoms with Gasteiger partial charge in [-0.2, -0.15) is 0 Å². The van der Waals surface area contributed by atoms with Crippen LogP contribution in [0.1, 0.15) is 56.6 Å². The van der Waals surface area contributed by atoms with E-state index in [0.717, 1.165) is 73.7 Å². The monoisotopic (exact) mass is 542 g/mol. The van der Waals surface area contributed by atoms with E-state index in [1.54, 1.807) is 6.20 Å². The number of nitrogens with zero attached hydrogens (tertiary/aromatic N) is 3. The van der Waals surface area contributed by atoms with E-state index in [0.29, 0.717) is 11.6 Å². The normalized spacial score (nSPS) is 24.5. The van der Waals surface area contributed by atoms with Crippen molar-refractivity contribution in [3.8, 4) is 0 Å². The summed E-state index contributed by atoms with van der Waals surface area (Å²) < 4.78 is 56.3. The number of aryl methyl sites for hydroxylation is 1. The molecule has 0 spiro atoms. The molecule has 0 saturated heterocycles. The van der Waals surface area contributed by atoms with Gasteiger partial charge < -0.3 is 4.90 Å². The summed E-state index contributed by atoms with van der Waals surface area (Å²) in [5, 5.41) is 0.635. The van der Waals surface area contributed by atoms with Crippen molar-refractivity contribution in [1.82, 2.24) is 13.7 Å². The Hall–Kier alpha value is -2.43. The first-order valence-electron chi connectivity index (χ1n) is 13.3. The lowest BCUT2D eigenvalue weighted by atomic mass is 9.94. The van der Waals surface area contributed by atoms with Crippen LogP contribution in [0.4, 0.5) is 5.69 Å². The maximum atomic E-state index is 13.4. The van der Waals surface area contributed by atoms with Gasteiger partial charge in [-0.25, -0.2) is 30.5 Å². The average molecular weight is 543 g/mol. The first kappa shape index (κ1) is 24.9. The van der Waals surface area contributed by atoms with Gasteiger partial charge in [0.15, 0.2) is 5.65 Å². The van der Waals surface area contributed by atoms with Crippen LogP contribution in [0, 0.1) is 5.92 Å². The third kappa shape index (κ3) is 4.68. The van der Waals surface area contributed by atoms with Crippen molar-refractivity contribution >= 4 is 36.8 Å². The Morgan fingerprint density at radius 3 is 2.57 bits per heavy atom. The zero-order chi connectivity index (χ0) is 25.8. The fourth-order valence-electron chi connectivity index (χ4n) is 6.30. The number of sulfonamides is 1. The zero-order valence-electron chi connectivity index (χ0n) is 21.1. The molecule has 2 saturated carbocycles. The molecule has 2 fully saturated rings. The van der Waals surface area contributed by atoms with Gasteiger partial charge in [-0.15, -0.1) is 0 Å². The standard InChI is InChI=1S/C27H34N4O4S2/c1-2-20-15-22(29-37(34,35)23-10-11-23)16-25(20)30-13-6-9-21-17-28-27-24(26(21)30)12-14-31(27)36(32,33)18-19-7-4-3-5-8-19/h3-5,7-8,12,14,17,20,22-23,25,29H,2,6,9-11,13,15-16,18H2,1H3/t20-,22+,25+/m1/s1. The van der Waals surface area contributed by atoms with E-state index < -0.39 is 20.0 Å². The summed E-state index contributed by atoms with van der Waals surface area (Å²) in [5.41, 5.74) is 3.40. The molecule has 8 nitrogen and oxygen atoms in total. The summed E-state index contributed by atoms with van der Waals surface area (Å²) in [5.74, 6) is 0.272. The first-order chi connectivity index (χ1) is 17.8. The molecule has 3 heterocycles. The van der Waals surface area contributed by atoms with Gasteiger partial charge in [-0.3, -0.25) is 0 Å². The lowest BCUT2D eigenvalue weighted by molar-refractivity contribution is 0.427. The van der Waals surface area contributed by atoms with Gasteiger partial charge >= 0.3 is 0 Å². The minimum Gasteiger partial charge on any atom is -0.367 e. The Morgan fingerprint density at radius 1 is 1.05 bits per heavy atom. The van der Waals surface area contributed by atoms with E-state index >= 15 is 0 Å². The van der Waals surface area contributed by atoms with Crippen LogP contribution in [0.2, 0.25) is 0 Å². The summed E-state index contributed by atoms with van der Waals surface area (Å²) in [6, 6.07) is 11.2. The molecule has 1 aliphatic heterocycles. The summed E-state index contributed by atoms with van der Waals surface area (Å²) >= 11 is 0. The van der Waals surface area contributed by atoms with Gasteiger partial charge in [0.1, 0.15) is 0 Å². The Balaban J connectivity index is 1.33. The zero-order valence-corrected chi connectivity index (χ0v) is 22.7. The molecule has 37 heavy (non-hydrogen) atoms. The maximum Gasteiger partial charge on any atom is 0.244 e. The van der Waals surface area contributed by atoms with E-state index in [2.05, 4.69) is 21.5 Å². The van der Waals surface area contributed by atoms with Gasteiger partial charge in [0.05, 0.1) is 16.7 Å². The Labute approximate surface area is 219 Å². The highest BCUT2D eigenvalue weighted by Crippen LogP contribution is 2.42. The van der Waals surface area contributed by atoms with Gasteiger partial charge in [0.25, 0.3) is 0 Å². The van der Waals surface area contributed by atoms with Crippen LogP contribution in [0.3, 0.4) is 0 Å². The number of rotatable bonds is 8. The summed E-state index contributed by atoms with van der Waals surface area (Å²) in [7, 11) is -6.89. The first-order valence-corrected chi connectivity index (χ1v) is 16.5. The number of aromatic nitrogens is 2. The molecule has 6 rings (SSSR count). The largest absolute Gasteiger partial charge is 0.367 e. The Morgan fingerprint density at radius 2 is 1.84 bits per heavy atom. The number of hydrogen-bond donors (Lipinski definition) is 1. The van der Waals surface area contributed by atoms with Crippen molar-refractivity contribution in [2.24, 2.45) is 5.92 Å². The Bertz CT molecular complexity index is 1510. The van der Waals surface area contributed by atoms with Crippen LogP contribution < -0.4 is 9.62 Å². The number of benzene rings is 1. The second-order valence-corrected chi connectivity index (χ2v) is 14.6. The predicted octanol–water partition coefficient (Wildman–Crippen LogP) is 3.81. The third-order valence-electron chi connectivity index (χ3n) is 8.23. The number of nitrogens with one attached hydrogen (secondary N) is 1. The molecule has 2 aromatic heterocycles. The predicted molar refractivity (Wildman–Crippen MR) is 146 cm³/mol. The lowest BCUT2D eigenvalue weighted by Crippen LogP contribution is -2.42. The molecular formula is C27H34N4O4S2. The molecule has 10 heteroatoms. The Kier molecular flexibility index (Phi) is 6.32. The second kappa shape index (κ2) is 9.39. The SMILES string of the molecule is CC[C@@H]1C[C@H](NS(=O)(=O)C2CC2)C[C@@H]1N1CCCc2cnc3c(ccn3S(=O)(=O)Cc3ccccc3)c21. The van der Waals surface area contributed by atoms with Crippen molar-refractivity contribution in [1.29, 1.82) is 0 Å². The molecule has 0 unspecified atom stereocenters.